The number of aliphatic hydroxyl groups excluding tert-OH is 1. The monoisotopic (exact) mass is 326 g/mol. The van der Waals surface area contributed by atoms with Crippen LogP contribution in [0, 0.1) is 17.8 Å². The minimum absolute atomic E-state index is 0.215. The molecule has 2 fully saturated rings. The van der Waals surface area contributed by atoms with Gasteiger partial charge in [-0.2, -0.15) is 0 Å². The number of aliphatic hydroxyl groups is 1. The molecule has 1 aromatic heterocycles. The van der Waals surface area contributed by atoms with E-state index in [1.165, 1.54) is 22.2 Å². The van der Waals surface area contributed by atoms with Gasteiger partial charge in [0.25, 0.3) is 0 Å². The van der Waals surface area contributed by atoms with Crippen molar-refractivity contribution < 1.29 is 9.84 Å². The van der Waals surface area contributed by atoms with Crippen LogP contribution in [-0.2, 0) is 18.2 Å². The van der Waals surface area contributed by atoms with Crippen molar-refractivity contribution in [3.8, 4) is 0 Å². The van der Waals surface area contributed by atoms with Gasteiger partial charge in [0.15, 0.2) is 6.29 Å². The lowest BCUT2D eigenvalue weighted by Gasteiger charge is -2.52. The second-order valence-electron chi connectivity index (χ2n) is 7.84. The van der Waals surface area contributed by atoms with Crippen LogP contribution in [0.3, 0.4) is 0 Å². The normalized spacial score (nSPS) is 38.0. The molecule has 4 nitrogen and oxygen atoms in total. The molecule has 0 amide bonds. The summed E-state index contributed by atoms with van der Waals surface area (Å²) in [5.74, 6) is 1.34. The number of aromatic nitrogens is 1. The minimum atomic E-state index is -0.618. The first-order chi connectivity index (χ1) is 11.7. The fraction of sp³-hybridized carbons (Fsp3) is 0.600. The summed E-state index contributed by atoms with van der Waals surface area (Å²) in [6.07, 6.45) is 2.62. The fourth-order valence-electron chi connectivity index (χ4n) is 5.72. The van der Waals surface area contributed by atoms with E-state index in [4.69, 9.17) is 4.74 Å². The Balaban J connectivity index is 1.63. The lowest BCUT2D eigenvalue weighted by Crippen LogP contribution is -2.59. The molecule has 24 heavy (non-hydrogen) atoms. The third kappa shape index (κ3) is 1.91. The average Bonchev–Trinajstić information content (AvgIpc) is 2.88. The summed E-state index contributed by atoms with van der Waals surface area (Å²) < 4.78 is 8.12. The Morgan fingerprint density at radius 1 is 1.33 bits per heavy atom. The zero-order chi connectivity index (χ0) is 16.4. The third-order valence-electron chi connectivity index (χ3n) is 6.84. The summed E-state index contributed by atoms with van der Waals surface area (Å²) in [7, 11) is 2.20. The van der Waals surface area contributed by atoms with Crippen molar-refractivity contribution in [2.45, 2.75) is 44.6 Å². The first kappa shape index (κ1) is 14.9. The molecule has 2 saturated heterocycles. The maximum Gasteiger partial charge on any atom is 0.159 e. The highest BCUT2D eigenvalue weighted by Gasteiger charge is 2.50. The summed E-state index contributed by atoms with van der Waals surface area (Å²) in [5, 5.41) is 15.7. The minimum Gasteiger partial charge on any atom is -0.368 e. The van der Waals surface area contributed by atoms with Crippen molar-refractivity contribution in [2.24, 2.45) is 24.8 Å². The molecule has 5 rings (SSSR count). The van der Waals surface area contributed by atoms with Crippen LogP contribution in [0.4, 0.5) is 0 Å². The van der Waals surface area contributed by atoms with Crippen molar-refractivity contribution >= 4 is 10.9 Å². The first-order valence-corrected chi connectivity index (χ1v) is 9.31. The molecule has 3 aliphatic heterocycles. The fourth-order valence-corrected chi connectivity index (χ4v) is 5.72. The standard InChI is InChI=1S/C20H26N2O2/c1-3-11-10-24-20(23)18-13(11)8-16-19-14(9-15(18)21-16)12-6-4-5-7-17(12)22(19)2/h4-7,11,13,15-16,18,20-21,23H,3,8-10H2,1-2H3/t11-,13+,15+,16-,18+,20-/m1/s1. The molecular weight excluding hydrogens is 300 g/mol. The number of aryl methyl sites for hydroxylation is 1. The molecule has 128 valence electrons. The van der Waals surface area contributed by atoms with Gasteiger partial charge >= 0.3 is 0 Å². The van der Waals surface area contributed by atoms with Crippen molar-refractivity contribution in [3.05, 3.63) is 35.5 Å². The summed E-state index contributed by atoms with van der Waals surface area (Å²) in [6.45, 7) is 2.96. The zero-order valence-electron chi connectivity index (χ0n) is 14.4. The van der Waals surface area contributed by atoms with E-state index >= 15 is 0 Å². The Morgan fingerprint density at radius 3 is 3.00 bits per heavy atom. The van der Waals surface area contributed by atoms with Gasteiger partial charge in [-0.05, 0) is 36.3 Å². The van der Waals surface area contributed by atoms with Gasteiger partial charge in [0.2, 0.25) is 0 Å². The molecular formula is C20H26N2O2. The Bertz CT molecular complexity index is 783. The quantitative estimate of drug-likeness (QED) is 0.847. The van der Waals surface area contributed by atoms with Crippen molar-refractivity contribution in [2.75, 3.05) is 6.61 Å². The van der Waals surface area contributed by atoms with Gasteiger partial charge in [0.1, 0.15) is 0 Å². The van der Waals surface area contributed by atoms with Crippen molar-refractivity contribution in [1.29, 1.82) is 0 Å². The number of ether oxygens (including phenoxy) is 1. The van der Waals surface area contributed by atoms with Gasteiger partial charge in [-0.25, -0.2) is 0 Å². The van der Waals surface area contributed by atoms with E-state index in [2.05, 4.69) is 48.1 Å². The number of fused-ring (bicyclic) bond motifs is 8. The van der Waals surface area contributed by atoms with E-state index in [0.717, 1.165) is 19.3 Å². The van der Waals surface area contributed by atoms with E-state index in [9.17, 15) is 5.11 Å². The second kappa shape index (κ2) is 5.32. The number of rotatable bonds is 1. The molecule has 2 N–H and O–H groups in total. The predicted molar refractivity (Wildman–Crippen MR) is 93.6 cm³/mol. The van der Waals surface area contributed by atoms with Gasteiger partial charge in [0, 0.05) is 41.6 Å². The van der Waals surface area contributed by atoms with Crippen LogP contribution in [0.5, 0.6) is 0 Å². The lowest BCUT2D eigenvalue weighted by atomic mass is 9.65. The molecule has 0 saturated carbocycles. The highest BCUT2D eigenvalue weighted by molar-refractivity contribution is 5.86. The third-order valence-corrected chi connectivity index (χ3v) is 6.84. The van der Waals surface area contributed by atoms with Crippen LogP contribution in [0.15, 0.2) is 24.3 Å². The summed E-state index contributed by atoms with van der Waals surface area (Å²) in [5.41, 5.74) is 4.26. The maximum atomic E-state index is 10.5. The Kier molecular flexibility index (Phi) is 3.31. The van der Waals surface area contributed by atoms with Crippen LogP contribution in [-0.4, -0.2) is 28.6 Å². The summed E-state index contributed by atoms with van der Waals surface area (Å²) >= 11 is 0. The molecule has 4 heteroatoms. The van der Waals surface area contributed by atoms with Crippen LogP contribution >= 0.6 is 0 Å². The van der Waals surface area contributed by atoms with E-state index in [1.54, 1.807) is 0 Å². The smallest absolute Gasteiger partial charge is 0.159 e. The van der Waals surface area contributed by atoms with Gasteiger partial charge in [-0.1, -0.05) is 31.5 Å². The molecule has 0 unspecified atom stereocenters. The SMILES string of the molecule is CC[C@@H]1CO[C@@H](O)[C@H]2[C@H]1C[C@H]1N[C@H]2Cc2c1n(C)c1ccccc21. The van der Waals surface area contributed by atoms with Gasteiger partial charge in [0.05, 0.1) is 6.61 Å². The molecule has 6 atom stereocenters. The Labute approximate surface area is 142 Å². The van der Waals surface area contributed by atoms with Crippen molar-refractivity contribution in [1.82, 2.24) is 9.88 Å². The molecule has 0 radical (unpaired) electrons. The topological polar surface area (TPSA) is 46.4 Å². The second-order valence-corrected chi connectivity index (χ2v) is 7.84. The molecule has 2 aromatic rings. The maximum absolute atomic E-state index is 10.5. The van der Waals surface area contributed by atoms with E-state index in [-0.39, 0.29) is 5.92 Å². The number of nitrogens with one attached hydrogen (secondary N) is 1. The molecule has 0 spiro atoms. The number of benzene rings is 1. The lowest BCUT2D eigenvalue weighted by molar-refractivity contribution is -0.216. The van der Waals surface area contributed by atoms with Crippen LogP contribution < -0.4 is 5.32 Å². The van der Waals surface area contributed by atoms with Crippen LogP contribution in [0.1, 0.15) is 37.1 Å². The average molecular weight is 326 g/mol. The molecule has 0 aliphatic carbocycles. The number of nitrogens with zero attached hydrogens (tertiary/aromatic N) is 1. The number of para-hydroxylation sites is 1. The van der Waals surface area contributed by atoms with E-state index < -0.39 is 6.29 Å². The first-order valence-electron chi connectivity index (χ1n) is 9.31. The highest BCUT2D eigenvalue weighted by atomic mass is 16.6. The highest BCUT2D eigenvalue weighted by Crippen LogP contribution is 2.49. The molecule has 2 bridgehead atoms. The van der Waals surface area contributed by atoms with Crippen LogP contribution in [0.2, 0.25) is 0 Å². The van der Waals surface area contributed by atoms with Crippen molar-refractivity contribution in [3.63, 3.8) is 0 Å². The number of piperidine rings is 1. The predicted octanol–water partition coefficient (Wildman–Crippen LogP) is 2.74. The van der Waals surface area contributed by atoms with Gasteiger partial charge in [-0.3, -0.25) is 0 Å². The Hall–Kier alpha value is -1.36. The summed E-state index contributed by atoms with van der Waals surface area (Å²) in [6, 6.07) is 9.44. The largest absolute Gasteiger partial charge is 0.368 e. The number of hydrogen-bond donors (Lipinski definition) is 2. The Morgan fingerprint density at radius 2 is 2.17 bits per heavy atom. The molecule has 1 aromatic carbocycles. The number of hydrogen-bond acceptors (Lipinski definition) is 3. The van der Waals surface area contributed by atoms with Gasteiger partial charge < -0.3 is 19.7 Å². The van der Waals surface area contributed by atoms with E-state index in [1.807, 2.05) is 0 Å². The molecule has 3 aliphatic rings. The summed E-state index contributed by atoms with van der Waals surface area (Å²) in [4.78, 5) is 0. The van der Waals surface area contributed by atoms with Crippen LogP contribution in [0.25, 0.3) is 10.9 Å². The zero-order valence-corrected chi connectivity index (χ0v) is 14.4. The van der Waals surface area contributed by atoms with Gasteiger partial charge in [-0.15, -0.1) is 0 Å². The van der Waals surface area contributed by atoms with E-state index in [0.29, 0.717) is 30.5 Å². The molecule has 4 heterocycles.